The summed E-state index contributed by atoms with van der Waals surface area (Å²) in [4.78, 5) is 11.0. The Hall–Kier alpha value is -2.07. The zero-order valence-corrected chi connectivity index (χ0v) is 11.7. The van der Waals surface area contributed by atoms with Crippen LogP contribution >= 0.6 is 11.6 Å². The number of para-hydroxylation sites is 1. The Morgan fingerprint density at radius 2 is 2.10 bits per heavy atom. The van der Waals surface area contributed by atoms with Crippen molar-refractivity contribution in [1.82, 2.24) is 0 Å². The number of halogens is 2. The zero-order chi connectivity index (χ0) is 14.7. The number of benzene rings is 2. The number of aryl methyl sites for hydroxylation is 1. The molecule has 2 rings (SSSR count). The second-order valence-corrected chi connectivity index (χ2v) is 4.86. The molecule has 0 aromatic heterocycles. The summed E-state index contributed by atoms with van der Waals surface area (Å²) in [6.45, 7) is 2.18. The van der Waals surface area contributed by atoms with Crippen molar-refractivity contribution in [2.75, 3.05) is 5.32 Å². The Morgan fingerprint density at radius 3 is 2.70 bits per heavy atom. The molecule has 2 aromatic rings. The number of primary amides is 1. The monoisotopic (exact) mass is 292 g/mol. The third-order valence-corrected chi connectivity index (χ3v) is 3.37. The third-order valence-electron chi connectivity index (χ3n) is 3.02. The maximum absolute atomic E-state index is 13.7. The van der Waals surface area contributed by atoms with E-state index in [1.165, 1.54) is 12.1 Å². The molecule has 104 valence electrons. The van der Waals surface area contributed by atoms with E-state index in [9.17, 15) is 9.18 Å². The number of nitrogens with two attached hydrogens (primary N) is 1. The largest absolute Gasteiger partial charge is 0.378 e. The molecule has 0 aliphatic rings. The molecule has 0 aliphatic carbocycles. The fourth-order valence-corrected chi connectivity index (χ4v) is 2.13. The molecule has 0 spiro atoms. The number of amides is 1. The van der Waals surface area contributed by atoms with Gasteiger partial charge in [-0.3, -0.25) is 4.79 Å². The Balaban J connectivity index is 2.17. The highest BCUT2D eigenvalue weighted by Crippen LogP contribution is 2.22. The summed E-state index contributed by atoms with van der Waals surface area (Å²) in [5.74, 6) is -0.841. The molecule has 5 heteroatoms. The van der Waals surface area contributed by atoms with Gasteiger partial charge in [0.2, 0.25) is 5.91 Å². The van der Waals surface area contributed by atoms with E-state index in [4.69, 9.17) is 17.3 Å². The van der Waals surface area contributed by atoms with Crippen LogP contribution in [-0.4, -0.2) is 5.91 Å². The Morgan fingerprint density at radius 1 is 1.35 bits per heavy atom. The highest BCUT2D eigenvalue weighted by atomic mass is 35.5. The number of hydrogen-bond donors (Lipinski definition) is 2. The van der Waals surface area contributed by atoms with Crippen molar-refractivity contribution in [2.45, 2.75) is 13.5 Å². The van der Waals surface area contributed by atoms with Crippen LogP contribution in [0.1, 0.15) is 21.5 Å². The molecule has 20 heavy (non-hydrogen) atoms. The van der Waals surface area contributed by atoms with E-state index >= 15 is 0 Å². The molecule has 1 amide bonds. The average Bonchev–Trinajstić information content (AvgIpc) is 2.39. The molecule has 0 saturated heterocycles. The summed E-state index contributed by atoms with van der Waals surface area (Å²) in [6.07, 6.45) is 0. The normalized spacial score (nSPS) is 10.3. The minimum absolute atomic E-state index is 0.310. The summed E-state index contributed by atoms with van der Waals surface area (Å²) in [5.41, 5.74) is 7.55. The van der Waals surface area contributed by atoms with Crippen LogP contribution in [0, 0.1) is 12.7 Å². The van der Waals surface area contributed by atoms with Crippen LogP contribution in [0.15, 0.2) is 36.4 Å². The van der Waals surface area contributed by atoms with Gasteiger partial charge < -0.3 is 11.1 Å². The molecule has 0 saturated carbocycles. The highest BCUT2D eigenvalue weighted by Gasteiger charge is 2.08. The summed E-state index contributed by atoms with van der Waals surface area (Å²) in [5, 5.41) is 3.43. The fourth-order valence-electron chi connectivity index (χ4n) is 1.88. The van der Waals surface area contributed by atoms with Crippen LogP contribution in [0.25, 0.3) is 0 Å². The SMILES string of the molecule is Cc1cccc(F)c1NCc1ccc(C(N)=O)cc1Cl. The number of anilines is 1. The van der Waals surface area contributed by atoms with Crippen molar-refractivity contribution in [1.29, 1.82) is 0 Å². The van der Waals surface area contributed by atoms with E-state index in [1.807, 2.05) is 13.0 Å². The van der Waals surface area contributed by atoms with Crippen molar-refractivity contribution in [3.8, 4) is 0 Å². The van der Waals surface area contributed by atoms with Crippen LogP contribution in [0.4, 0.5) is 10.1 Å². The number of nitrogens with one attached hydrogen (secondary N) is 1. The number of hydrogen-bond acceptors (Lipinski definition) is 2. The molecule has 0 bridgehead atoms. The van der Waals surface area contributed by atoms with Crippen molar-refractivity contribution in [3.05, 3.63) is 63.9 Å². The molecule has 3 nitrogen and oxygen atoms in total. The smallest absolute Gasteiger partial charge is 0.248 e. The van der Waals surface area contributed by atoms with Crippen molar-refractivity contribution in [2.24, 2.45) is 5.73 Å². The first-order valence-corrected chi connectivity index (χ1v) is 6.44. The average molecular weight is 293 g/mol. The molecule has 0 fully saturated rings. The van der Waals surface area contributed by atoms with Gasteiger partial charge >= 0.3 is 0 Å². The first-order valence-electron chi connectivity index (χ1n) is 6.06. The van der Waals surface area contributed by atoms with Gasteiger partial charge in [0.15, 0.2) is 0 Å². The van der Waals surface area contributed by atoms with Gasteiger partial charge in [-0.05, 0) is 36.2 Å². The predicted octanol–water partition coefficient (Wildman–Crippen LogP) is 3.50. The molecular weight excluding hydrogens is 279 g/mol. The Kier molecular flexibility index (Phi) is 4.25. The Bertz CT molecular complexity index is 638. The lowest BCUT2D eigenvalue weighted by Gasteiger charge is -2.12. The second kappa shape index (κ2) is 5.92. The Labute approximate surface area is 121 Å². The van der Waals surface area contributed by atoms with Gasteiger partial charge in [0, 0.05) is 17.1 Å². The van der Waals surface area contributed by atoms with E-state index in [0.717, 1.165) is 11.1 Å². The van der Waals surface area contributed by atoms with Crippen LogP contribution < -0.4 is 11.1 Å². The maximum atomic E-state index is 13.7. The van der Waals surface area contributed by atoms with E-state index < -0.39 is 5.91 Å². The summed E-state index contributed by atoms with van der Waals surface area (Å²) in [7, 11) is 0. The van der Waals surface area contributed by atoms with Crippen LogP contribution in [0.2, 0.25) is 5.02 Å². The van der Waals surface area contributed by atoms with Crippen molar-refractivity contribution in [3.63, 3.8) is 0 Å². The quantitative estimate of drug-likeness (QED) is 0.906. The van der Waals surface area contributed by atoms with Crippen molar-refractivity contribution >= 4 is 23.2 Å². The highest BCUT2D eigenvalue weighted by molar-refractivity contribution is 6.31. The van der Waals surface area contributed by atoms with Crippen LogP contribution in [0.3, 0.4) is 0 Å². The molecule has 0 radical (unpaired) electrons. The molecule has 0 aliphatic heterocycles. The number of rotatable bonds is 4. The summed E-state index contributed by atoms with van der Waals surface area (Å²) in [6, 6.07) is 9.68. The molecule has 0 heterocycles. The van der Waals surface area contributed by atoms with E-state index in [-0.39, 0.29) is 5.82 Å². The van der Waals surface area contributed by atoms with Gasteiger partial charge in [0.05, 0.1) is 5.69 Å². The molecule has 0 unspecified atom stereocenters. The van der Waals surface area contributed by atoms with E-state index in [1.54, 1.807) is 18.2 Å². The molecule has 3 N–H and O–H groups in total. The van der Waals surface area contributed by atoms with Gasteiger partial charge in [-0.2, -0.15) is 0 Å². The molecule has 0 atom stereocenters. The summed E-state index contributed by atoms with van der Waals surface area (Å²) < 4.78 is 13.7. The van der Waals surface area contributed by atoms with E-state index in [0.29, 0.717) is 22.8 Å². The minimum Gasteiger partial charge on any atom is -0.378 e. The van der Waals surface area contributed by atoms with Crippen LogP contribution in [0.5, 0.6) is 0 Å². The second-order valence-electron chi connectivity index (χ2n) is 4.46. The first-order chi connectivity index (χ1) is 9.49. The number of carbonyl (C=O) groups excluding carboxylic acids is 1. The van der Waals surface area contributed by atoms with E-state index in [2.05, 4.69) is 5.32 Å². The first kappa shape index (κ1) is 14.3. The predicted molar refractivity (Wildman–Crippen MR) is 78.4 cm³/mol. The molecular formula is C15H14ClFN2O. The van der Waals surface area contributed by atoms with Crippen molar-refractivity contribution < 1.29 is 9.18 Å². The maximum Gasteiger partial charge on any atom is 0.248 e. The lowest BCUT2D eigenvalue weighted by molar-refractivity contribution is 0.100. The zero-order valence-electron chi connectivity index (χ0n) is 10.9. The summed E-state index contributed by atoms with van der Waals surface area (Å²) >= 11 is 6.08. The van der Waals surface area contributed by atoms with Gasteiger partial charge in [0.25, 0.3) is 0 Å². The van der Waals surface area contributed by atoms with Gasteiger partial charge in [-0.15, -0.1) is 0 Å². The minimum atomic E-state index is -0.531. The lowest BCUT2D eigenvalue weighted by Crippen LogP contribution is -2.11. The van der Waals surface area contributed by atoms with Crippen LogP contribution in [-0.2, 0) is 6.54 Å². The topological polar surface area (TPSA) is 55.1 Å². The molecule has 2 aromatic carbocycles. The van der Waals surface area contributed by atoms with Gasteiger partial charge in [0.1, 0.15) is 5.82 Å². The van der Waals surface area contributed by atoms with Gasteiger partial charge in [-0.1, -0.05) is 29.8 Å². The lowest BCUT2D eigenvalue weighted by atomic mass is 10.1. The number of carbonyl (C=O) groups is 1. The fraction of sp³-hybridized carbons (Fsp3) is 0.133. The van der Waals surface area contributed by atoms with Gasteiger partial charge in [-0.25, -0.2) is 4.39 Å². The standard InChI is InChI=1S/C15H14ClFN2O/c1-9-3-2-4-13(17)14(9)19-8-11-6-5-10(15(18)20)7-12(11)16/h2-7,19H,8H2,1H3,(H2,18,20). The third kappa shape index (κ3) is 3.08.